The summed E-state index contributed by atoms with van der Waals surface area (Å²) in [5, 5.41) is 9.05. The first-order chi connectivity index (χ1) is 7.70. The molecule has 1 aliphatic heterocycles. The maximum atomic E-state index is 13.0. The van der Waals surface area contributed by atoms with Gasteiger partial charge in [-0.2, -0.15) is 0 Å². The molecular formula is C12H15FO3S. The summed E-state index contributed by atoms with van der Waals surface area (Å²) in [5.74, 6) is -0.428. The second kappa shape index (κ2) is 3.78. The highest BCUT2D eigenvalue weighted by atomic mass is 32.2. The van der Waals surface area contributed by atoms with E-state index in [1.54, 1.807) is 13.8 Å². The Morgan fingerprint density at radius 2 is 2.12 bits per heavy atom. The van der Waals surface area contributed by atoms with Crippen LogP contribution >= 0.6 is 0 Å². The molecule has 1 unspecified atom stereocenters. The summed E-state index contributed by atoms with van der Waals surface area (Å²) in [7, 11) is -3.42. The molecule has 0 aliphatic carbocycles. The van der Waals surface area contributed by atoms with Gasteiger partial charge in [-0.25, -0.2) is 12.8 Å². The minimum atomic E-state index is -3.42. The Hall–Kier alpha value is -0.940. The lowest BCUT2D eigenvalue weighted by atomic mass is 9.99. The van der Waals surface area contributed by atoms with Gasteiger partial charge in [-0.05, 0) is 50.5 Å². The number of fused-ring (bicyclic) bond motifs is 1. The van der Waals surface area contributed by atoms with Crippen LogP contribution in [0.15, 0.2) is 23.1 Å². The van der Waals surface area contributed by atoms with Crippen molar-refractivity contribution in [3.8, 4) is 0 Å². The zero-order valence-corrected chi connectivity index (χ0v) is 10.6. The van der Waals surface area contributed by atoms with E-state index in [1.807, 2.05) is 0 Å². The molecule has 1 aromatic carbocycles. The molecule has 17 heavy (non-hydrogen) atoms. The first kappa shape index (κ1) is 12.5. The van der Waals surface area contributed by atoms with Gasteiger partial charge in [0.2, 0.25) is 0 Å². The molecule has 2 rings (SSSR count). The van der Waals surface area contributed by atoms with Gasteiger partial charge in [0, 0.05) is 0 Å². The van der Waals surface area contributed by atoms with E-state index in [1.165, 1.54) is 12.1 Å². The Morgan fingerprint density at radius 3 is 2.71 bits per heavy atom. The predicted molar refractivity (Wildman–Crippen MR) is 62.0 cm³/mol. The Morgan fingerprint density at radius 1 is 1.47 bits per heavy atom. The van der Waals surface area contributed by atoms with Gasteiger partial charge in [-0.15, -0.1) is 0 Å². The van der Waals surface area contributed by atoms with E-state index in [2.05, 4.69) is 0 Å². The summed E-state index contributed by atoms with van der Waals surface area (Å²) < 4.78 is 37.3. The summed E-state index contributed by atoms with van der Waals surface area (Å²) in [6, 6.07) is 3.73. The average molecular weight is 258 g/mol. The zero-order valence-electron chi connectivity index (χ0n) is 9.77. The average Bonchev–Trinajstić information content (AvgIpc) is 2.35. The van der Waals surface area contributed by atoms with E-state index in [9.17, 15) is 17.9 Å². The van der Waals surface area contributed by atoms with Crippen LogP contribution in [0.4, 0.5) is 4.39 Å². The Labute approximate surface area is 100 Å². The standard InChI is InChI=1S/C12H15FO3S/c1-12(2,14)7-10-6-8-5-9(13)3-4-11(8)17(10,15)16/h3-5,10,14H,6-7H2,1-2H3. The van der Waals surface area contributed by atoms with Crippen molar-refractivity contribution in [1.82, 2.24) is 0 Å². The number of hydrogen-bond donors (Lipinski definition) is 1. The summed E-state index contributed by atoms with van der Waals surface area (Å²) in [6.45, 7) is 3.15. The SMILES string of the molecule is CC(C)(O)CC1Cc2cc(F)ccc2S1(=O)=O. The van der Waals surface area contributed by atoms with Crippen LogP contribution in [0, 0.1) is 5.82 Å². The fraction of sp³-hybridized carbons (Fsp3) is 0.500. The zero-order chi connectivity index (χ0) is 12.8. The summed E-state index contributed by atoms with van der Waals surface area (Å²) in [6.07, 6.45) is 0.436. The van der Waals surface area contributed by atoms with Crippen molar-refractivity contribution < 1.29 is 17.9 Å². The minimum absolute atomic E-state index is 0.158. The molecule has 0 aromatic heterocycles. The van der Waals surface area contributed by atoms with Crippen LogP contribution in [0.2, 0.25) is 0 Å². The molecule has 0 fully saturated rings. The molecular weight excluding hydrogens is 243 g/mol. The molecule has 0 saturated carbocycles. The van der Waals surface area contributed by atoms with Gasteiger partial charge in [-0.3, -0.25) is 0 Å². The largest absolute Gasteiger partial charge is 0.390 e. The van der Waals surface area contributed by atoms with Gasteiger partial charge >= 0.3 is 0 Å². The molecule has 1 atom stereocenters. The Balaban J connectivity index is 2.40. The Kier molecular flexibility index (Phi) is 2.78. The van der Waals surface area contributed by atoms with Crippen molar-refractivity contribution in [1.29, 1.82) is 0 Å². The van der Waals surface area contributed by atoms with Gasteiger partial charge in [0.25, 0.3) is 0 Å². The van der Waals surface area contributed by atoms with Crippen LogP contribution in [0.25, 0.3) is 0 Å². The normalized spacial score (nSPS) is 22.5. The monoisotopic (exact) mass is 258 g/mol. The lowest BCUT2D eigenvalue weighted by Crippen LogP contribution is -2.30. The summed E-state index contributed by atoms with van der Waals surface area (Å²) >= 11 is 0. The van der Waals surface area contributed by atoms with Crippen LogP contribution in [0.3, 0.4) is 0 Å². The van der Waals surface area contributed by atoms with Crippen LogP contribution in [0.5, 0.6) is 0 Å². The number of sulfone groups is 1. The van der Waals surface area contributed by atoms with E-state index in [0.29, 0.717) is 5.56 Å². The van der Waals surface area contributed by atoms with Crippen LogP contribution in [-0.2, 0) is 16.3 Å². The Bertz CT molecular complexity index is 543. The van der Waals surface area contributed by atoms with Gasteiger partial charge in [0.1, 0.15) is 5.82 Å². The third-order valence-electron chi connectivity index (χ3n) is 2.94. The third-order valence-corrected chi connectivity index (χ3v) is 5.17. The van der Waals surface area contributed by atoms with Crippen LogP contribution in [0.1, 0.15) is 25.8 Å². The number of hydrogen-bond acceptors (Lipinski definition) is 3. The first-order valence-electron chi connectivity index (χ1n) is 5.45. The number of rotatable bonds is 2. The maximum Gasteiger partial charge on any atom is 0.181 e. The van der Waals surface area contributed by atoms with Crippen molar-refractivity contribution >= 4 is 9.84 Å². The van der Waals surface area contributed by atoms with E-state index in [-0.39, 0.29) is 17.7 Å². The van der Waals surface area contributed by atoms with Crippen molar-refractivity contribution in [2.45, 2.75) is 42.4 Å². The van der Waals surface area contributed by atoms with E-state index in [4.69, 9.17) is 0 Å². The van der Waals surface area contributed by atoms with E-state index >= 15 is 0 Å². The van der Waals surface area contributed by atoms with Gasteiger partial charge in [-0.1, -0.05) is 0 Å². The molecule has 3 nitrogen and oxygen atoms in total. The second-order valence-corrected chi connectivity index (χ2v) is 7.34. The highest BCUT2D eigenvalue weighted by Crippen LogP contribution is 2.35. The quantitative estimate of drug-likeness (QED) is 0.821. The molecule has 0 spiro atoms. The number of aliphatic hydroxyl groups is 1. The minimum Gasteiger partial charge on any atom is -0.390 e. The van der Waals surface area contributed by atoms with Crippen molar-refractivity contribution in [2.75, 3.05) is 0 Å². The van der Waals surface area contributed by atoms with Gasteiger partial charge in [0.05, 0.1) is 15.7 Å². The van der Waals surface area contributed by atoms with E-state index in [0.717, 1.165) is 6.07 Å². The molecule has 1 N–H and O–H groups in total. The van der Waals surface area contributed by atoms with Crippen molar-refractivity contribution in [3.05, 3.63) is 29.6 Å². The molecule has 94 valence electrons. The third kappa shape index (κ3) is 2.35. The maximum absolute atomic E-state index is 13.0. The number of benzene rings is 1. The van der Waals surface area contributed by atoms with Crippen LogP contribution < -0.4 is 0 Å². The highest BCUT2D eigenvalue weighted by Gasteiger charge is 2.39. The molecule has 1 aliphatic rings. The molecule has 0 bridgehead atoms. The second-order valence-electron chi connectivity index (χ2n) is 5.14. The number of halogens is 1. The summed E-state index contributed by atoms with van der Waals surface area (Å²) in [4.78, 5) is 0.202. The highest BCUT2D eigenvalue weighted by molar-refractivity contribution is 7.92. The van der Waals surface area contributed by atoms with Crippen molar-refractivity contribution in [2.24, 2.45) is 0 Å². The van der Waals surface area contributed by atoms with Gasteiger partial charge < -0.3 is 5.11 Å². The van der Waals surface area contributed by atoms with Crippen molar-refractivity contribution in [3.63, 3.8) is 0 Å². The van der Waals surface area contributed by atoms with Gasteiger partial charge in [0.15, 0.2) is 9.84 Å². The molecule has 5 heteroatoms. The first-order valence-corrected chi connectivity index (χ1v) is 6.99. The predicted octanol–water partition coefficient (Wildman–Crippen LogP) is 1.69. The molecule has 1 heterocycles. The topological polar surface area (TPSA) is 54.4 Å². The van der Waals surface area contributed by atoms with E-state index < -0.39 is 26.5 Å². The fourth-order valence-electron chi connectivity index (χ4n) is 2.26. The summed E-state index contributed by atoms with van der Waals surface area (Å²) in [5.41, 5.74) is -0.530. The lowest BCUT2D eigenvalue weighted by Gasteiger charge is -2.20. The molecule has 0 amide bonds. The fourth-order valence-corrected chi connectivity index (χ4v) is 4.41. The molecule has 0 radical (unpaired) electrons. The lowest BCUT2D eigenvalue weighted by molar-refractivity contribution is 0.0701. The van der Waals surface area contributed by atoms with Crippen LogP contribution in [-0.4, -0.2) is 24.4 Å². The molecule has 0 saturated heterocycles. The molecule has 1 aromatic rings. The smallest absolute Gasteiger partial charge is 0.181 e.